The molecule has 122 valence electrons. The first-order valence-corrected chi connectivity index (χ1v) is 7.75. The van der Waals surface area contributed by atoms with E-state index in [9.17, 15) is 9.90 Å². The van der Waals surface area contributed by atoms with Crippen LogP contribution in [0.15, 0.2) is 18.2 Å². The summed E-state index contributed by atoms with van der Waals surface area (Å²) in [4.78, 5) is 14.4. The van der Waals surface area contributed by atoms with Gasteiger partial charge in [-0.1, -0.05) is 18.9 Å². The summed E-state index contributed by atoms with van der Waals surface area (Å²) in [6.07, 6.45) is 3.89. The van der Waals surface area contributed by atoms with E-state index in [-0.39, 0.29) is 17.6 Å². The predicted octanol–water partition coefficient (Wildman–Crippen LogP) is 2.27. The molecule has 1 saturated carbocycles. The van der Waals surface area contributed by atoms with Gasteiger partial charge in [0, 0.05) is 19.1 Å². The first-order valence-electron chi connectivity index (χ1n) is 7.75. The summed E-state index contributed by atoms with van der Waals surface area (Å²) in [5.74, 6) is 0.472. The van der Waals surface area contributed by atoms with Gasteiger partial charge in [0.1, 0.15) is 0 Å². The van der Waals surface area contributed by atoms with Crippen LogP contribution in [-0.4, -0.2) is 35.6 Å². The molecule has 1 aromatic rings. The van der Waals surface area contributed by atoms with Gasteiger partial charge in [0.15, 0.2) is 11.5 Å². The quantitative estimate of drug-likeness (QED) is 0.894. The summed E-state index contributed by atoms with van der Waals surface area (Å²) >= 11 is 0. The number of benzene rings is 1. The van der Waals surface area contributed by atoms with Gasteiger partial charge in [0.05, 0.1) is 13.0 Å². The van der Waals surface area contributed by atoms with Crippen molar-refractivity contribution in [2.75, 3.05) is 14.2 Å². The van der Waals surface area contributed by atoms with Gasteiger partial charge in [-0.25, -0.2) is 0 Å². The second-order valence-electron chi connectivity index (χ2n) is 6.50. The van der Waals surface area contributed by atoms with E-state index in [1.54, 1.807) is 24.1 Å². The van der Waals surface area contributed by atoms with E-state index in [4.69, 9.17) is 10.5 Å². The number of hydrogen-bond acceptors (Lipinski definition) is 4. The SMILES string of the molecule is COc1ccc(CN(C)C(=O)C2CCCCC2(C)N)cc1O. The van der Waals surface area contributed by atoms with Crippen LogP contribution in [0.4, 0.5) is 0 Å². The molecule has 1 fully saturated rings. The molecular weight excluding hydrogens is 280 g/mol. The number of nitrogens with two attached hydrogens (primary N) is 1. The van der Waals surface area contributed by atoms with Crippen LogP contribution in [0, 0.1) is 5.92 Å². The van der Waals surface area contributed by atoms with Crippen LogP contribution in [0.3, 0.4) is 0 Å². The first kappa shape index (κ1) is 16.6. The second kappa shape index (κ2) is 6.57. The Morgan fingerprint density at radius 1 is 1.50 bits per heavy atom. The molecule has 1 aromatic carbocycles. The van der Waals surface area contributed by atoms with Gasteiger partial charge in [-0.15, -0.1) is 0 Å². The minimum absolute atomic E-state index is 0.0833. The molecule has 5 nitrogen and oxygen atoms in total. The Hall–Kier alpha value is -1.75. The summed E-state index contributed by atoms with van der Waals surface area (Å²) in [6, 6.07) is 5.19. The number of hydrogen-bond donors (Lipinski definition) is 2. The molecule has 0 aromatic heterocycles. The van der Waals surface area contributed by atoms with Crippen LogP contribution in [0.2, 0.25) is 0 Å². The fourth-order valence-electron chi connectivity index (χ4n) is 3.22. The van der Waals surface area contributed by atoms with Gasteiger partial charge < -0.3 is 20.5 Å². The number of carbonyl (C=O) groups is 1. The fourth-order valence-corrected chi connectivity index (χ4v) is 3.22. The molecule has 0 saturated heterocycles. The Bertz CT molecular complexity index is 543. The lowest BCUT2D eigenvalue weighted by Crippen LogP contribution is -2.53. The van der Waals surface area contributed by atoms with Crippen LogP contribution in [0.1, 0.15) is 38.2 Å². The number of amides is 1. The van der Waals surface area contributed by atoms with Crippen molar-refractivity contribution in [3.05, 3.63) is 23.8 Å². The topological polar surface area (TPSA) is 75.8 Å². The van der Waals surface area contributed by atoms with Gasteiger partial charge >= 0.3 is 0 Å². The standard InChI is InChI=1S/C17H26N2O3/c1-17(18)9-5-4-6-13(17)16(21)19(2)11-12-7-8-15(22-3)14(20)10-12/h7-8,10,13,20H,4-6,9,11,18H2,1-3H3. The first-order chi connectivity index (χ1) is 10.3. The monoisotopic (exact) mass is 306 g/mol. The van der Waals surface area contributed by atoms with E-state index >= 15 is 0 Å². The Labute approximate surface area is 132 Å². The number of carbonyl (C=O) groups excluding carboxylic acids is 1. The Kier molecular flexibility index (Phi) is 4.96. The Morgan fingerprint density at radius 2 is 2.23 bits per heavy atom. The lowest BCUT2D eigenvalue weighted by molar-refractivity contribution is -0.138. The smallest absolute Gasteiger partial charge is 0.227 e. The maximum atomic E-state index is 12.7. The third-order valence-electron chi connectivity index (χ3n) is 4.59. The van der Waals surface area contributed by atoms with Crippen molar-refractivity contribution in [1.29, 1.82) is 0 Å². The zero-order valence-corrected chi connectivity index (χ0v) is 13.6. The molecule has 1 aliphatic rings. The average Bonchev–Trinajstić information content (AvgIpc) is 2.46. The summed E-state index contributed by atoms with van der Waals surface area (Å²) in [5, 5.41) is 9.83. The highest BCUT2D eigenvalue weighted by Gasteiger charge is 2.39. The van der Waals surface area contributed by atoms with Crippen molar-refractivity contribution in [2.24, 2.45) is 11.7 Å². The van der Waals surface area contributed by atoms with Crippen LogP contribution < -0.4 is 10.5 Å². The summed E-state index contributed by atoms with van der Waals surface area (Å²) in [5.41, 5.74) is 6.75. The average molecular weight is 306 g/mol. The molecule has 2 rings (SSSR count). The van der Waals surface area contributed by atoms with Crippen molar-refractivity contribution < 1.29 is 14.6 Å². The molecular formula is C17H26N2O3. The van der Waals surface area contributed by atoms with Crippen LogP contribution in [0.5, 0.6) is 11.5 Å². The number of phenols is 1. The van der Waals surface area contributed by atoms with Crippen molar-refractivity contribution in [1.82, 2.24) is 4.90 Å². The molecule has 3 N–H and O–H groups in total. The molecule has 0 aliphatic heterocycles. The van der Waals surface area contributed by atoms with Crippen molar-refractivity contribution in [3.8, 4) is 11.5 Å². The lowest BCUT2D eigenvalue weighted by atomic mass is 9.74. The zero-order valence-electron chi connectivity index (χ0n) is 13.6. The number of ether oxygens (including phenoxy) is 1. The number of rotatable bonds is 4. The highest BCUT2D eigenvalue weighted by molar-refractivity contribution is 5.80. The third kappa shape index (κ3) is 3.53. The van der Waals surface area contributed by atoms with Crippen LogP contribution in [0.25, 0.3) is 0 Å². The van der Waals surface area contributed by atoms with E-state index in [1.165, 1.54) is 7.11 Å². The second-order valence-corrected chi connectivity index (χ2v) is 6.50. The molecule has 0 radical (unpaired) electrons. The number of aromatic hydroxyl groups is 1. The zero-order chi connectivity index (χ0) is 16.3. The van der Waals surface area contributed by atoms with Gasteiger partial charge in [0.2, 0.25) is 5.91 Å². The largest absolute Gasteiger partial charge is 0.504 e. The maximum absolute atomic E-state index is 12.7. The third-order valence-corrected chi connectivity index (χ3v) is 4.59. The highest BCUT2D eigenvalue weighted by Crippen LogP contribution is 2.33. The van der Waals surface area contributed by atoms with E-state index < -0.39 is 5.54 Å². The fraction of sp³-hybridized carbons (Fsp3) is 0.588. The lowest BCUT2D eigenvalue weighted by Gasteiger charge is -2.39. The molecule has 1 aliphatic carbocycles. The van der Waals surface area contributed by atoms with Crippen molar-refractivity contribution >= 4 is 5.91 Å². The van der Waals surface area contributed by atoms with E-state index in [2.05, 4.69) is 0 Å². The van der Waals surface area contributed by atoms with Gasteiger partial charge in [-0.05, 0) is 37.5 Å². The van der Waals surface area contributed by atoms with E-state index in [0.717, 1.165) is 31.2 Å². The molecule has 22 heavy (non-hydrogen) atoms. The Morgan fingerprint density at radius 3 is 2.82 bits per heavy atom. The molecule has 0 spiro atoms. The number of nitrogens with zero attached hydrogens (tertiary/aromatic N) is 1. The van der Waals surface area contributed by atoms with Crippen LogP contribution >= 0.6 is 0 Å². The molecule has 1 amide bonds. The normalized spacial score (nSPS) is 24.8. The van der Waals surface area contributed by atoms with Gasteiger partial charge in [-0.2, -0.15) is 0 Å². The minimum Gasteiger partial charge on any atom is -0.504 e. The van der Waals surface area contributed by atoms with Crippen LogP contribution in [-0.2, 0) is 11.3 Å². The number of phenolic OH excluding ortho intramolecular Hbond substituents is 1. The van der Waals surface area contributed by atoms with Crippen molar-refractivity contribution in [3.63, 3.8) is 0 Å². The molecule has 0 bridgehead atoms. The molecule has 2 atom stereocenters. The molecule has 0 heterocycles. The molecule has 2 unspecified atom stereocenters. The summed E-state index contributed by atoms with van der Waals surface area (Å²) in [7, 11) is 3.30. The molecule has 5 heteroatoms. The maximum Gasteiger partial charge on any atom is 0.227 e. The highest BCUT2D eigenvalue weighted by atomic mass is 16.5. The van der Waals surface area contributed by atoms with E-state index in [1.807, 2.05) is 13.0 Å². The van der Waals surface area contributed by atoms with E-state index in [0.29, 0.717) is 12.3 Å². The van der Waals surface area contributed by atoms with Crippen molar-refractivity contribution in [2.45, 2.75) is 44.7 Å². The Balaban J connectivity index is 2.06. The summed E-state index contributed by atoms with van der Waals surface area (Å²) in [6.45, 7) is 2.42. The van der Waals surface area contributed by atoms with Gasteiger partial charge in [0.25, 0.3) is 0 Å². The predicted molar refractivity (Wildman–Crippen MR) is 85.7 cm³/mol. The number of methoxy groups -OCH3 is 1. The van der Waals surface area contributed by atoms with Gasteiger partial charge in [-0.3, -0.25) is 4.79 Å². The summed E-state index contributed by atoms with van der Waals surface area (Å²) < 4.78 is 5.03. The minimum atomic E-state index is -0.425.